The van der Waals surface area contributed by atoms with Crippen LogP contribution in [0.5, 0.6) is 0 Å². The fourth-order valence-electron chi connectivity index (χ4n) is 3.08. The number of tetrazole rings is 1. The lowest BCUT2D eigenvalue weighted by Gasteiger charge is -2.27. The molecule has 1 aliphatic heterocycles. The maximum atomic E-state index is 13.2. The van der Waals surface area contributed by atoms with Crippen LogP contribution in [-0.4, -0.2) is 39.2 Å². The number of ether oxygens (including phenoxy) is 2. The fourth-order valence-corrected chi connectivity index (χ4v) is 3.91. The molecule has 2 aromatic carbocycles. The lowest BCUT2D eigenvalue weighted by atomic mass is 10.0. The lowest BCUT2D eigenvalue weighted by molar-refractivity contribution is -0.170. The highest BCUT2D eigenvalue weighted by atomic mass is 32.2. The Hall–Kier alpha value is -2.29. The first-order valence-electron chi connectivity index (χ1n) is 8.77. The SMILES string of the molecule is Fc1ccc(C2(CCCSc3nnnn3-c3ccccc3)OCCO2)cc1. The van der Waals surface area contributed by atoms with E-state index in [1.165, 1.54) is 12.1 Å². The summed E-state index contributed by atoms with van der Waals surface area (Å²) < 4.78 is 26.8. The van der Waals surface area contributed by atoms with Gasteiger partial charge in [-0.1, -0.05) is 42.1 Å². The smallest absolute Gasteiger partial charge is 0.214 e. The van der Waals surface area contributed by atoms with Gasteiger partial charge in [0.1, 0.15) is 5.82 Å². The maximum Gasteiger partial charge on any atom is 0.214 e. The van der Waals surface area contributed by atoms with Crippen molar-refractivity contribution in [2.24, 2.45) is 0 Å². The monoisotopic (exact) mass is 386 g/mol. The number of halogens is 1. The molecule has 0 atom stereocenters. The van der Waals surface area contributed by atoms with Crippen LogP contribution in [-0.2, 0) is 15.3 Å². The van der Waals surface area contributed by atoms with E-state index in [0.29, 0.717) is 19.6 Å². The van der Waals surface area contributed by atoms with Crippen LogP contribution in [0.1, 0.15) is 18.4 Å². The highest BCUT2D eigenvalue weighted by molar-refractivity contribution is 7.99. The zero-order chi connectivity index (χ0) is 18.5. The third kappa shape index (κ3) is 4.02. The Bertz CT molecular complexity index is 867. The van der Waals surface area contributed by atoms with E-state index in [9.17, 15) is 4.39 Å². The van der Waals surface area contributed by atoms with Gasteiger partial charge in [-0.15, -0.1) is 5.10 Å². The Kier molecular flexibility index (Phi) is 5.47. The molecule has 1 fully saturated rings. The summed E-state index contributed by atoms with van der Waals surface area (Å²) in [6.45, 7) is 1.08. The Balaban J connectivity index is 1.38. The van der Waals surface area contributed by atoms with Gasteiger partial charge in [-0.05, 0) is 41.1 Å². The normalized spacial score (nSPS) is 15.9. The molecule has 0 bridgehead atoms. The van der Waals surface area contributed by atoms with Gasteiger partial charge in [-0.3, -0.25) is 0 Å². The van der Waals surface area contributed by atoms with Crippen molar-refractivity contribution in [3.05, 3.63) is 66.0 Å². The number of hydrogen-bond donors (Lipinski definition) is 0. The molecule has 0 aliphatic carbocycles. The van der Waals surface area contributed by atoms with E-state index < -0.39 is 5.79 Å². The first-order chi connectivity index (χ1) is 13.3. The zero-order valence-corrected chi connectivity index (χ0v) is 15.4. The minimum Gasteiger partial charge on any atom is -0.343 e. The highest BCUT2D eigenvalue weighted by Gasteiger charge is 2.38. The van der Waals surface area contributed by atoms with Crippen LogP contribution >= 0.6 is 11.8 Å². The second-order valence-electron chi connectivity index (χ2n) is 6.12. The van der Waals surface area contributed by atoms with E-state index in [2.05, 4.69) is 15.5 Å². The van der Waals surface area contributed by atoms with Gasteiger partial charge in [0.25, 0.3) is 0 Å². The van der Waals surface area contributed by atoms with Crippen molar-refractivity contribution in [3.63, 3.8) is 0 Å². The predicted molar refractivity (Wildman–Crippen MR) is 99.1 cm³/mol. The average molecular weight is 386 g/mol. The van der Waals surface area contributed by atoms with E-state index in [-0.39, 0.29) is 5.82 Å². The number of rotatable bonds is 7. The van der Waals surface area contributed by atoms with Crippen LogP contribution in [0.15, 0.2) is 59.8 Å². The minimum atomic E-state index is -0.792. The molecule has 4 rings (SSSR count). The van der Waals surface area contributed by atoms with Crippen molar-refractivity contribution in [1.82, 2.24) is 20.2 Å². The lowest BCUT2D eigenvalue weighted by Crippen LogP contribution is -2.27. The molecular formula is C19H19FN4O2S. The third-order valence-corrected chi connectivity index (χ3v) is 5.37. The predicted octanol–water partition coefficient (Wildman–Crippen LogP) is 3.57. The van der Waals surface area contributed by atoms with Crippen molar-refractivity contribution >= 4 is 11.8 Å². The summed E-state index contributed by atoms with van der Waals surface area (Å²) in [5.74, 6) is -0.252. The largest absolute Gasteiger partial charge is 0.343 e. The van der Waals surface area contributed by atoms with Gasteiger partial charge >= 0.3 is 0 Å². The van der Waals surface area contributed by atoms with Crippen LogP contribution in [0.3, 0.4) is 0 Å². The Labute approximate surface area is 160 Å². The molecule has 3 aromatic rings. The minimum absolute atomic E-state index is 0.268. The molecular weight excluding hydrogens is 367 g/mol. The summed E-state index contributed by atoms with van der Waals surface area (Å²) >= 11 is 1.58. The Morgan fingerprint density at radius 1 is 1.04 bits per heavy atom. The molecule has 1 saturated heterocycles. The van der Waals surface area contributed by atoms with Crippen molar-refractivity contribution in [1.29, 1.82) is 0 Å². The average Bonchev–Trinajstić information content (AvgIpc) is 3.37. The van der Waals surface area contributed by atoms with Crippen LogP contribution < -0.4 is 0 Å². The summed E-state index contributed by atoms with van der Waals surface area (Å²) in [4.78, 5) is 0. The standard InChI is InChI=1S/C19H19FN4O2S/c20-16-9-7-15(8-10-16)19(25-12-13-26-19)11-4-14-27-18-21-22-23-24(18)17-5-2-1-3-6-17/h1-3,5-10H,4,11-14H2. The second kappa shape index (κ2) is 8.16. The molecule has 27 heavy (non-hydrogen) atoms. The van der Waals surface area contributed by atoms with Gasteiger partial charge in [0.2, 0.25) is 5.16 Å². The topological polar surface area (TPSA) is 62.1 Å². The third-order valence-electron chi connectivity index (χ3n) is 4.36. The van der Waals surface area contributed by atoms with E-state index in [0.717, 1.165) is 28.6 Å². The number of aromatic nitrogens is 4. The van der Waals surface area contributed by atoms with E-state index >= 15 is 0 Å². The first-order valence-corrected chi connectivity index (χ1v) is 9.76. The van der Waals surface area contributed by atoms with E-state index in [1.54, 1.807) is 28.6 Å². The molecule has 1 aromatic heterocycles. The van der Waals surface area contributed by atoms with Crippen LogP contribution in [0.2, 0.25) is 0 Å². The van der Waals surface area contributed by atoms with Gasteiger partial charge in [0.15, 0.2) is 5.79 Å². The van der Waals surface area contributed by atoms with Gasteiger partial charge < -0.3 is 9.47 Å². The van der Waals surface area contributed by atoms with E-state index in [1.807, 2.05) is 30.3 Å². The van der Waals surface area contributed by atoms with Gasteiger partial charge in [-0.2, -0.15) is 4.68 Å². The molecule has 1 aliphatic rings. The fraction of sp³-hybridized carbons (Fsp3) is 0.316. The molecule has 0 amide bonds. The summed E-state index contributed by atoms with van der Waals surface area (Å²) in [6, 6.07) is 16.1. The van der Waals surface area contributed by atoms with Gasteiger partial charge in [0, 0.05) is 17.7 Å². The number of nitrogens with zero attached hydrogens (tertiary/aromatic N) is 4. The molecule has 0 unspecified atom stereocenters. The van der Waals surface area contributed by atoms with Crippen LogP contribution in [0.25, 0.3) is 5.69 Å². The van der Waals surface area contributed by atoms with Crippen molar-refractivity contribution < 1.29 is 13.9 Å². The molecule has 0 saturated carbocycles. The van der Waals surface area contributed by atoms with Crippen molar-refractivity contribution in [2.45, 2.75) is 23.8 Å². The molecule has 0 spiro atoms. The molecule has 140 valence electrons. The number of hydrogen-bond acceptors (Lipinski definition) is 6. The quantitative estimate of drug-likeness (QED) is 0.457. The molecule has 0 radical (unpaired) electrons. The summed E-state index contributed by atoms with van der Waals surface area (Å²) in [5.41, 5.74) is 1.77. The molecule has 8 heteroatoms. The summed E-state index contributed by atoms with van der Waals surface area (Å²) in [5, 5.41) is 12.7. The highest BCUT2D eigenvalue weighted by Crippen LogP contribution is 2.36. The summed E-state index contributed by atoms with van der Waals surface area (Å²) in [7, 11) is 0. The van der Waals surface area contributed by atoms with Crippen LogP contribution in [0.4, 0.5) is 4.39 Å². The van der Waals surface area contributed by atoms with E-state index in [4.69, 9.17) is 9.47 Å². The second-order valence-corrected chi connectivity index (χ2v) is 7.18. The summed E-state index contributed by atoms with van der Waals surface area (Å²) in [6.07, 6.45) is 1.52. The molecule has 6 nitrogen and oxygen atoms in total. The van der Waals surface area contributed by atoms with Crippen LogP contribution in [0, 0.1) is 5.82 Å². The van der Waals surface area contributed by atoms with Crippen molar-refractivity contribution in [2.75, 3.05) is 19.0 Å². The maximum absolute atomic E-state index is 13.2. The Morgan fingerprint density at radius 2 is 1.78 bits per heavy atom. The van der Waals surface area contributed by atoms with Gasteiger partial charge in [0.05, 0.1) is 18.9 Å². The molecule has 0 N–H and O–H groups in total. The van der Waals surface area contributed by atoms with Gasteiger partial charge in [-0.25, -0.2) is 4.39 Å². The Morgan fingerprint density at radius 3 is 2.52 bits per heavy atom. The van der Waals surface area contributed by atoms with Crippen molar-refractivity contribution in [3.8, 4) is 5.69 Å². The molecule has 2 heterocycles. The number of para-hydroxylation sites is 1. The number of benzene rings is 2. The zero-order valence-electron chi connectivity index (χ0n) is 14.6. The number of thioether (sulfide) groups is 1. The first kappa shape index (κ1) is 18.1.